The van der Waals surface area contributed by atoms with Gasteiger partial charge < -0.3 is 29.5 Å². The van der Waals surface area contributed by atoms with Gasteiger partial charge in [0.05, 0.1) is 13.2 Å². The van der Waals surface area contributed by atoms with Gasteiger partial charge in [-0.15, -0.1) is 0 Å². The van der Waals surface area contributed by atoms with Gasteiger partial charge in [-0.2, -0.15) is 0 Å². The van der Waals surface area contributed by atoms with Gasteiger partial charge in [0.15, 0.2) is 6.10 Å². The van der Waals surface area contributed by atoms with Gasteiger partial charge in [-0.25, -0.2) is 0 Å². The minimum absolute atomic E-state index is 0.133. The SMILES string of the molecule is CC(=O)O[C@@H]1[C@H](O)[C@H](O)[C@@H](OCc2ccccc2)[C@H](O)[C@H]1OCc1ccccc1. The first-order chi connectivity index (χ1) is 14.0. The van der Waals surface area contributed by atoms with Crippen LogP contribution < -0.4 is 0 Å². The van der Waals surface area contributed by atoms with E-state index in [9.17, 15) is 20.1 Å². The minimum atomic E-state index is -1.47. The maximum Gasteiger partial charge on any atom is 0.303 e. The second kappa shape index (κ2) is 9.96. The van der Waals surface area contributed by atoms with Crippen LogP contribution in [0.3, 0.4) is 0 Å². The first kappa shape index (κ1) is 21.4. The van der Waals surface area contributed by atoms with Crippen molar-refractivity contribution in [2.24, 2.45) is 0 Å². The Bertz CT molecular complexity index is 767. The predicted octanol–water partition coefficient (Wildman–Crippen LogP) is 1.19. The molecule has 3 N–H and O–H groups in total. The van der Waals surface area contributed by atoms with Gasteiger partial charge in [0, 0.05) is 6.92 Å². The van der Waals surface area contributed by atoms with Crippen LogP contribution in [0.5, 0.6) is 0 Å². The average Bonchev–Trinajstić information content (AvgIpc) is 2.73. The summed E-state index contributed by atoms with van der Waals surface area (Å²) in [7, 11) is 0. The van der Waals surface area contributed by atoms with Gasteiger partial charge >= 0.3 is 5.97 Å². The zero-order valence-electron chi connectivity index (χ0n) is 16.1. The molecule has 0 aromatic heterocycles. The summed E-state index contributed by atoms with van der Waals surface area (Å²) in [6.07, 6.45) is -7.64. The number of benzene rings is 2. The lowest BCUT2D eigenvalue weighted by Gasteiger charge is -2.44. The molecule has 1 aliphatic carbocycles. The lowest BCUT2D eigenvalue weighted by Crippen LogP contribution is -2.65. The van der Waals surface area contributed by atoms with Crippen molar-refractivity contribution in [2.45, 2.75) is 56.8 Å². The summed E-state index contributed by atoms with van der Waals surface area (Å²) >= 11 is 0. The van der Waals surface area contributed by atoms with E-state index in [0.717, 1.165) is 11.1 Å². The molecule has 1 saturated carbocycles. The second-order valence-electron chi connectivity index (χ2n) is 7.07. The van der Waals surface area contributed by atoms with Crippen LogP contribution in [0.4, 0.5) is 0 Å². The molecule has 156 valence electrons. The van der Waals surface area contributed by atoms with E-state index in [1.165, 1.54) is 6.92 Å². The van der Waals surface area contributed by atoms with E-state index in [4.69, 9.17) is 14.2 Å². The van der Waals surface area contributed by atoms with Crippen LogP contribution in [-0.2, 0) is 32.2 Å². The fourth-order valence-corrected chi connectivity index (χ4v) is 3.42. The Morgan fingerprint density at radius 2 is 1.17 bits per heavy atom. The summed E-state index contributed by atoms with van der Waals surface area (Å²) in [6.45, 7) is 1.46. The van der Waals surface area contributed by atoms with Crippen LogP contribution in [0.1, 0.15) is 18.1 Å². The molecule has 0 saturated heterocycles. The molecule has 2 aromatic carbocycles. The quantitative estimate of drug-likeness (QED) is 0.598. The minimum Gasteiger partial charge on any atom is -0.457 e. The topological polar surface area (TPSA) is 105 Å². The molecule has 0 unspecified atom stereocenters. The molecule has 0 radical (unpaired) electrons. The summed E-state index contributed by atoms with van der Waals surface area (Å²) in [4.78, 5) is 11.5. The highest BCUT2D eigenvalue weighted by molar-refractivity contribution is 5.66. The molecular weight excluding hydrogens is 376 g/mol. The van der Waals surface area contributed by atoms with Crippen molar-refractivity contribution >= 4 is 5.97 Å². The van der Waals surface area contributed by atoms with Crippen molar-refractivity contribution < 1.29 is 34.3 Å². The predicted molar refractivity (Wildman–Crippen MR) is 104 cm³/mol. The Kier molecular flexibility index (Phi) is 7.35. The fourth-order valence-electron chi connectivity index (χ4n) is 3.42. The number of ether oxygens (including phenoxy) is 3. The highest BCUT2D eigenvalue weighted by atomic mass is 16.6. The molecule has 0 amide bonds. The van der Waals surface area contributed by atoms with Gasteiger partial charge in [0.1, 0.15) is 30.5 Å². The zero-order chi connectivity index (χ0) is 20.8. The Morgan fingerprint density at radius 3 is 1.66 bits per heavy atom. The van der Waals surface area contributed by atoms with Crippen LogP contribution in [-0.4, -0.2) is 57.9 Å². The average molecular weight is 402 g/mol. The summed E-state index contributed by atoms with van der Waals surface area (Å²) in [5.41, 5.74) is 1.70. The summed E-state index contributed by atoms with van der Waals surface area (Å²) < 4.78 is 16.7. The lowest BCUT2D eigenvalue weighted by atomic mass is 9.84. The molecule has 0 spiro atoms. The summed E-state index contributed by atoms with van der Waals surface area (Å²) in [5, 5.41) is 31.9. The number of hydrogen-bond donors (Lipinski definition) is 3. The number of carbonyl (C=O) groups excluding carboxylic acids is 1. The molecule has 0 aliphatic heterocycles. The van der Waals surface area contributed by atoms with Crippen LogP contribution in [0.2, 0.25) is 0 Å². The van der Waals surface area contributed by atoms with Crippen molar-refractivity contribution in [1.29, 1.82) is 0 Å². The summed E-state index contributed by atoms with van der Waals surface area (Å²) in [5.74, 6) is -0.648. The number of carbonyl (C=O) groups is 1. The molecule has 0 heterocycles. The number of aliphatic hydroxyl groups is 3. The van der Waals surface area contributed by atoms with Crippen LogP contribution in [0, 0.1) is 0 Å². The normalized spacial score (nSPS) is 29.4. The van der Waals surface area contributed by atoms with Gasteiger partial charge in [0.25, 0.3) is 0 Å². The highest BCUT2D eigenvalue weighted by Crippen LogP contribution is 2.29. The third-order valence-electron chi connectivity index (χ3n) is 4.89. The van der Waals surface area contributed by atoms with Crippen molar-refractivity contribution in [3.63, 3.8) is 0 Å². The number of hydrogen-bond acceptors (Lipinski definition) is 7. The van der Waals surface area contributed by atoms with E-state index in [2.05, 4.69) is 0 Å². The monoisotopic (exact) mass is 402 g/mol. The molecule has 2 aromatic rings. The second-order valence-corrected chi connectivity index (χ2v) is 7.07. The number of aliphatic hydroxyl groups excluding tert-OH is 3. The highest BCUT2D eigenvalue weighted by Gasteiger charge is 2.52. The van der Waals surface area contributed by atoms with Crippen LogP contribution >= 0.6 is 0 Å². The Labute approximate surface area is 169 Å². The van der Waals surface area contributed by atoms with E-state index < -0.39 is 42.6 Å². The molecule has 3 rings (SSSR count). The Balaban J connectivity index is 1.75. The van der Waals surface area contributed by atoms with E-state index in [-0.39, 0.29) is 13.2 Å². The lowest BCUT2D eigenvalue weighted by molar-refractivity contribution is -0.256. The van der Waals surface area contributed by atoms with Gasteiger partial charge in [-0.05, 0) is 11.1 Å². The summed E-state index contributed by atoms with van der Waals surface area (Å²) in [6, 6.07) is 18.5. The molecule has 7 heteroatoms. The van der Waals surface area contributed by atoms with Crippen LogP contribution in [0.15, 0.2) is 60.7 Å². The molecule has 1 aliphatic rings. The molecule has 0 bridgehead atoms. The van der Waals surface area contributed by atoms with E-state index >= 15 is 0 Å². The third kappa shape index (κ3) is 5.41. The van der Waals surface area contributed by atoms with Crippen LogP contribution in [0.25, 0.3) is 0 Å². The molecular formula is C22H26O7. The van der Waals surface area contributed by atoms with Crippen molar-refractivity contribution in [3.8, 4) is 0 Å². The maximum atomic E-state index is 11.5. The van der Waals surface area contributed by atoms with Gasteiger partial charge in [0.2, 0.25) is 0 Å². The van der Waals surface area contributed by atoms with Crippen molar-refractivity contribution in [1.82, 2.24) is 0 Å². The largest absolute Gasteiger partial charge is 0.457 e. The smallest absolute Gasteiger partial charge is 0.303 e. The maximum absolute atomic E-state index is 11.5. The molecule has 7 nitrogen and oxygen atoms in total. The molecule has 6 atom stereocenters. The number of esters is 1. The number of rotatable bonds is 7. The Hall–Kier alpha value is -2.29. The van der Waals surface area contributed by atoms with E-state index in [0.29, 0.717) is 0 Å². The van der Waals surface area contributed by atoms with Crippen molar-refractivity contribution in [3.05, 3.63) is 71.8 Å². The zero-order valence-corrected chi connectivity index (χ0v) is 16.1. The molecule has 1 fully saturated rings. The fraction of sp³-hybridized carbons (Fsp3) is 0.409. The van der Waals surface area contributed by atoms with Gasteiger partial charge in [-0.3, -0.25) is 4.79 Å². The first-order valence-electron chi connectivity index (χ1n) is 9.50. The molecule has 29 heavy (non-hydrogen) atoms. The van der Waals surface area contributed by atoms with Crippen molar-refractivity contribution in [2.75, 3.05) is 0 Å². The van der Waals surface area contributed by atoms with E-state index in [1.54, 1.807) is 0 Å². The first-order valence-corrected chi connectivity index (χ1v) is 9.50. The third-order valence-corrected chi connectivity index (χ3v) is 4.89. The standard InChI is InChI=1S/C22H26O7/c1-14(23)29-22-18(25)17(24)20(27-12-15-8-4-2-5-9-15)19(26)21(22)28-13-16-10-6-3-7-11-16/h2-11,17-22,24-26H,12-13H2,1H3/t17-,18+,19-,20+,21+,22+/m0/s1. The Morgan fingerprint density at radius 1 is 0.724 bits per heavy atom. The van der Waals surface area contributed by atoms with E-state index in [1.807, 2.05) is 60.7 Å². The van der Waals surface area contributed by atoms with Gasteiger partial charge in [-0.1, -0.05) is 60.7 Å².